The number of hydrogen-bond donors (Lipinski definition) is 3. The highest BCUT2D eigenvalue weighted by atomic mass is 16.5. The molecule has 0 aliphatic heterocycles. The summed E-state index contributed by atoms with van der Waals surface area (Å²) in [5.74, 6) is -3.30. The molecule has 0 saturated carbocycles. The van der Waals surface area contributed by atoms with E-state index in [1.165, 1.54) is 14.2 Å². The van der Waals surface area contributed by atoms with Gasteiger partial charge in [-0.15, -0.1) is 0 Å². The van der Waals surface area contributed by atoms with E-state index in [9.17, 15) is 19.2 Å². The molecule has 0 aliphatic rings. The Hall–Kier alpha value is -2.32. The van der Waals surface area contributed by atoms with E-state index in [2.05, 4.69) is 4.74 Å². The predicted molar refractivity (Wildman–Crippen MR) is 61.5 cm³/mol. The molecule has 3 N–H and O–H groups in total. The van der Waals surface area contributed by atoms with Gasteiger partial charge in [0.15, 0.2) is 0 Å². The highest BCUT2D eigenvalue weighted by Gasteiger charge is 2.24. The lowest BCUT2D eigenvalue weighted by Gasteiger charge is -2.20. The average molecular weight is 276 g/mol. The Kier molecular flexibility index (Phi) is 6.94. The number of nitrogens with one attached hydrogen (secondary N) is 1. The van der Waals surface area contributed by atoms with Crippen molar-refractivity contribution in [1.82, 2.24) is 10.2 Å². The fraction of sp³-hybridized carbons (Fsp3) is 0.600. The third kappa shape index (κ3) is 6.86. The number of hydrogen-bond acceptors (Lipinski definition) is 5. The molecule has 9 nitrogen and oxygen atoms in total. The summed E-state index contributed by atoms with van der Waals surface area (Å²) in [6.45, 7) is 0.0257. The summed E-state index contributed by atoms with van der Waals surface area (Å²) < 4.78 is 4.38. The first kappa shape index (κ1) is 16.7. The molecule has 0 spiro atoms. The monoisotopic (exact) mass is 276 g/mol. The van der Waals surface area contributed by atoms with E-state index >= 15 is 0 Å². The van der Waals surface area contributed by atoms with E-state index in [4.69, 9.17) is 10.2 Å². The molecule has 0 unspecified atom stereocenters. The topological polar surface area (TPSA) is 133 Å². The Morgan fingerprint density at radius 2 is 1.84 bits per heavy atom. The summed E-state index contributed by atoms with van der Waals surface area (Å²) in [5.41, 5.74) is 0. The smallest absolute Gasteiger partial charge is 0.326 e. The third-order valence-corrected chi connectivity index (χ3v) is 2.20. The van der Waals surface area contributed by atoms with Gasteiger partial charge >= 0.3 is 23.9 Å². The quantitative estimate of drug-likeness (QED) is 0.514. The number of carboxylic acids is 2. The number of carbonyl (C=O) groups excluding carboxylic acids is 2. The highest BCUT2D eigenvalue weighted by molar-refractivity contribution is 5.86. The molecule has 0 aromatic carbocycles. The number of rotatable bonds is 7. The molecule has 0 heterocycles. The lowest BCUT2D eigenvalue weighted by molar-refractivity contribution is -0.145. The van der Waals surface area contributed by atoms with Crippen molar-refractivity contribution in [1.29, 1.82) is 0 Å². The van der Waals surface area contributed by atoms with Crippen LogP contribution in [0, 0.1) is 0 Å². The van der Waals surface area contributed by atoms with Crippen LogP contribution in [-0.2, 0) is 19.1 Å². The normalized spacial score (nSPS) is 11.3. The Balaban J connectivity index is 4.35. The Morgan fingerprint density at radius 1 is 1.26 bits per heavy atom. The highest BCUT2D eigenvalue weighted by Crippen LogP contribution is 1.97. The second-order valence-corrected chi connectivity index (χ2v) is 3.69. The summed E-state index contributed by atoms with van der Waals surface area (Å²) in [5, 5.41) is 19.3. The van der Waals surface area contributed by atoms with Gasteiger partial charge in [-0.3, -0.25) is 9.59 Å². The summed E-state index contributed by atoms with van der Waals surface area (Å²) >= 11 is 0. The van der Waals surface area contributed by atoms with Gasteiger partial charge in [-0.05, 0) is 0 Å². The Labute approximate surface area is 109 Å². The Morgan fingerprint density at radius 3 is 2.26 bits per heavy atom. The van der Waals surface area contributed by atoms with Gasteiger partial charge in [0.05, 0.1) is 20.0 Å². The van der Waals surface area contributed by atoms with E-state index in [-0.39, 0.29) is 13.0 Å². The van der Waals surface area contributed by atoms with Crippen LogP contribution in [0.5, 0.6) is 0 Å². The molecule has 0 radical (unpaired) electrons. The number of esters is 1. The van der Waals surface area contributed by atoms with Crippen LogP contribution in [0.2, 0.25) is 0 Å². The molecule has 0 aromatic rings. The first-order chi connectivity index (χ1) is 8.77. The summed E-state index contributed by atoms with van der Waals surface area (Å²) in [6.07, 6.45) is -0.775. The van der Waals surface area contributed by atoms with E-state index in [0.29, 0.717) is 0 Å². The molecule has 0 saturated heterocycles. The van der Waals surface area contributed by atoms with Crippen LogP contribution in [0.15, 0.2) is 0 Å². The molecule has 108 valence electrons. The van der Waals surface area contributed by atoms with E-state index in [1.807, 2.05) is 5.32 Å². The lowest BCUT2D eigenvalue weighted by Crippen LogP contribution is -2.48. The van der Waals surface area contributed by atoms with Gasteiger partial charge in [-0.2, -0.15) is 0 Å². The number of aliphatic carboxylic acids is 2. The van der Waals surface area contributed by atoms with Crippen LogP contribution in [0.1, 0.15) is 12.8 Å². The van der Waals surface area contributed by atoms with Gasteiger partial charge in [-0.1, -0.05) is 0 Å². The molecule has 0 bridgehead atoms. The van der Waals surface area contributed by atoms with Crippen LogP contribution < -0.4 is 5.32 Å². The maximum absolute atomic E-state index is 11.5. The minimum atomic E-state index is -1.52. The van der Waals surface area contributed by atoms with Crippen molar-refractivity contribution in [3.63, 3.8) is 0 Å². The number of carboxylic acid groups (broad SMARTS) is 2. The van der Waals surface area contributed by atoms with Gasteiger partial charge in [0.2, 0.25) is 0 Å². The van der Waals surface area contributed by atoms with Crippen molar-refractivity contribution >= 4 is 23.9 Å². The van der Waals surface area contributed by atoms with E-state index < -0.39 is 36.4 Å². The fourth-order valence-electron chi connectivity index (χ4n) is 1.10. The van der Waals surface area contributed by atoms with Crippen molar-refractivity contribution < 1.29 is 34.1 Å². The third-order valence-electron chi connectivity index (χ3n) is 2.20. The number of nitrogens with zero attached hydrogens (tertiary/aromatic N) is 1. The van der Waals surface area contributed by atoms with E-state index in [1.54, 1.807) is 0 Å². The summed E-state index contributed by atoms with van der Waals surface area (Å²) in [7, 11) is 2.55. The number of methoxy groups -OCH3 is 1. The minimum absolute atomic E-state index is 0.0257. The molecule has 0 aromatic heterocycles. The zero-order valence-electron chi connectivity index (χ0n) is 10.6. The molecule has 1 atom stereocenters. The van der Waals surface area contributed by atoms with Crippen LogP contribution >= 0.6 is 0 Å². The molecule has 0 aliphatic carbocycles. The largest absolute Gasteiger partial charge is 0.481 e. The van der Waals surface area contributed by atoms with Gasteiger partial charge in [0.25, 0.3) is 0 Å². The average Bonchev–Trinajstić information content (AvgIpc) is 2.33. The van der Waals surface area contributed by atoms with Crippen molar-refractivity contribution in [3.8, 4) is 0 Å². The summed E-state index contributed by atoms with van der Waals surface area (Å²) in [6, 6.07) is -2.30. The SMILES string of the molecule is COC(=O)CCN(C)C(=O)N[C@@H](CC(=O)O)C(=O)O. The minimum Gasteiger partial charge on any atom is -0.481 e. The first-order valence-corrected chi connectivity index (χ1v) is 5.31. The van der Waals surface area contributed by atoms with Gasteiger partial charge in [-0.25, -0.2) is 9.59 Å². The van der Waals surface area contributed by atoms with Crippen LogP contribution in [0.25, 0.3) is 0 Å². The Bertz CT molecular complexity index is 369. The number of carbonyl (C=O) groups is 4. The zero-order chi connectivity index (χ0) is 15.0. The van der Waals surface area contributed by atoms with Crippen molar-refractivity contribution in [2.75, 3.05) is 20.7 Å². The molecule has 0 fully saturated rings. The maximum Gasteiger partial charge on any atom is 0.326 e. The maximum atomic E-state index is 11.5. The molecular weight excluding hydrogens is 260 g/mol. The first-order valence-electron chi connectivity index (χ1n) is 5.31. The molecule has 0 rings (SSSR count). The van der Waals surface area contributed by atoms with Crippen molar-refractivity contribution in [2.24, 2.45) is 0 Å². The van der Waals surface area contributed by atoms with Crippen LogP contribution in [0.4, 0.5) is 4.79 Å². The zero-order valence-corrected chi connectivity index (χ0v) is 10.6. The van der Waals surface area contributed by atoms with E-state index in [0.717, 1.165) is 4.90 Å². The van der Waals surface area contributed by atoms with Gasteiger partial charge < -0.3 is 25.2 Å². The standard InChI is InChI=1S/C10H16N2O7/c1-12(4-3-8(15)19-2)10(18)11-6(9(16)17)5-7(13)14/h6H,3-5H2,1-2H3,(H,11,18)(H,13,14)(H,16,17)/t6-/m0/s1. The second kappa shape index (κ2) is 7.90. The molecule has 9 heteroatoms. The van der Waals surface area contributed by atoms with Crippen molar-refractivity contribution in [2.45, 2.75) is 18.9 Å². The predicted octanol–water partition coefficient (Wildman–Crippen LogP) is -0.881. The second-order valence-electron chi connectivity index (χ2n) is 3.69. The molecule has 19 heavy (non-hydrogen) atoms. The lowest BCUT2D eigenvalue weighted by atomic mass is 10.2. The number of urea groups is 1. The van der Waals surface area contributed by atoms with Gasteiger partial charge in [0.1, 0.15) is 6.04 Å². The summed E-state index contributed by atoms with van der Waals surface area (Å²) in [4.78, 5) is 44.6. The van der Waals surface area contributed by atoms with Crippen molar-refractivity contribution in [3.05, 3.63) is 0 Å². The fourth-order valence-corrected chi connectivity index (χ4v) is 1.10. The number of amides is 2. The molecule has 2 amide bonds. The van der Waals surface area contributed by atoms with Gasteiger partial charge in [0, 0.05) is 13.6 Å². The van der Waals surface area contributed by atoms with Crippen LogP contribution in [0.3, 0.4) is 0 Å². The number of ether oxygens (including phenoxy) is 1. The van der Waals surface area contributed by atoms with Crippen LogP contribution in [-0.4, -0.2) is 65.8 Å². The molecular formula is C10H16N2O7.